The number of carboxylic acid groups (broad SMARTS) is 1. The fourth-order valence-electron chi connectivity index (χ4n) is 0.907. The molecule has 14 heavy (non-hydrogen) atoms. The van der Waals surface area contributed by atoms with E-state index in [0.717, 1.165) is 4.48 Å². The van der Waals surface area contributed by atoms with E-state index in [1.54, 1.807) is 0 Å². The minimum Gasteiger partial charge on any atom is -0.478 e. The van der Waals surface area contributed by atoms with E-state index in [2.05, 4.69) is 27.8 Å². The minimum atomic E-state index is -0.982. The molecule has 0 spiro atoms. The van der Waals surface area contributed by atoms with E-state index < -0.39 is 5.97 Å². The van der Waals surface area contributed by atoms with Gasteiger partial charge in [0, 0.05) is 11.0 Å². The molecule has 0 unspecified atom stereocenters. The van der Waals surface area contributed by atoms with Crippen LogP contribution in [0.5, 0.6) is 0 Å². The maximum atomic E-state index is 10.5. The fourth-order valence-corrected chi connectivity index (χ4v) is 1.11. The van der Waals surface area contributed by atoms with Crippen molar-refractivity contribution in [3.63, 3.8) is 0 Å². The van der Waals surface area contributed by atoms with Crippen LogP contribution in [0.1, 0.15) is 16.1 Å². The Hall–Kier alpha value is -1.07. The first-order valence-electron chi connectivity index (χ1n) is 3.94. The zero-order chi connectivity index (χ0) is 10.6. The van der Waals surface area contributed by atoms with Crippen molar-refractivity contribution >= 4 is 21.9 Å². The highest BCUT2D eigenvalue weighted by Crippen LogP contribution is 2.07. The molecular weight excluding hydrogens is 250 g/mol. The van der Waals surface area contributed by atoms with E-state index in [9.17, 15) is 4.79 Å². The predicted octanol–water partition coefficient (Wildman–Crippen LogP) is 1.98. The van der Waals surface area contributed by atoms with Gasteiger partial charge in [-0.25, -0.2) is 4.79 Å². The predicted molar refractivity (Wildman–Crippen MR) is 55.4 cm³/mol. The number of carboxylic acids is 1. The molecule has 0 saturated heterocycles. The first-order chi connectivity index (χ1) is 6.59. The molecule has 0 atom stereocenters. The average Bonchev–Trinajstić information content (AvgIpc) is 2.52. The average molecular weight is 260 g/mol. The van der Waals surface area contributed by atoms with Crippen LogP contribution in [0.4, 0.5) is 0 Å². The molecule has 2 N–H and O–H groups in total. The van der Waals surface area contributed by atoms with Crippen LogP contribution in [-0.4, -0.2) is 17.6 Å². The molecule has 0 bridgehead atoms. The van der Waals surface area contributed by atoms with E-state index in [1.807, 2.05) is 0 Å². The van der Waals surface area contributed by atoms with Gasteiger partial charge in [-0.1, -0.05) is 22.5 Å². The van der Waals surface area contributed by atoms with E-state index >= 15 is 0 Å². The number of furan rings is 1. The summed E-state index contributed by atoms with van der Waals surface area (Å²) < 4.78 is 5.86. The van der Waals surface area contributed by atoms with Crippen molar-refractivity contribution in [3.05, 3.63) is 34.7 Å². The molecule has 1 rings (SSSR count). The number of hydrogen-bond donors (Lipinski definition) is 2. The SMILES string of the molecule is C=C(Br)CNCc1cc(C(=O)O)co1. The third-order valence-corrected chi connectivity index (χ3v) is 1.80. The van der Waals surface area contributed by atoms with Gasteiger partial charge in [0.25, 0.3) is 0 Å². The van der Waals surface area contributed by atoms with E-state index in [0.29, 0.717) is 18.8 Å². The van der Waals surface area contributed by atoms with Crippen molar-refractivity contribution in [2.75, 3.05) is 6.54 Å². The molecule has 0 aliphatic carbocycles. The lowest BCUT2D eigenvalue weighted by atomic mass is 10.3. The smallest absolute Gasteiger partial charge is 0.338 e. The van der Waals surface area contributed by atoms with Crippen LogP contribution in [0.15, 0.2) is 27.8 Å². The van der Waals surface area contributed by atoms with Gasteiger partial charge in [0.2, 0.25) is 0 Å². The number of carbonyl (C=O) groups is 1. The molecule has 5 heteroatoms. The van der Waals surface area contributed by atoms with Crippen molar-refractivity contribution < 1.29 is 14.3 Å². The largest absolute Gasteiger partial charge is 0.478 e. The summed E-state index contributed by atoms with van der Waals surface area (Å²) in [6, 6.07) is 1.49. The Labute approximate surface area is 89.7 Å². The molecule has 76 valence electrons. The zero-order valence-corrected chi connectivity index (χ0v) is 9.00. The number of hydrogen-bond acceptors (Lipinski definition) is 3. The summed E-state index contributed by atoms with van der Waals surface area (Å²) in [7, 11) is 0. The normalized spacial score (nSPS) is 10.1. The van der Waals surface area contributed by atoms with Crippen LogP contribution >= 0.6 is 15.9 Å². The van der Waals surface area contributed by atoms with Crippen LogP contribution in [-0.2, 0) is 6.54 Å². The van der Waals surface area contributed by atoms with Gasteiger partial charge in [-0.05, 0) is 6.07 Å². The summed E-state index contributed by atoms with van der Waals surface area (Å²) in [6.45, 7) is 4.75. The summed E-state index contributed by atoms with van der Waals surface area (Å²) in [5.74, 6) is -0.388. The molecule has 0 aromatic carbocycles. The molecule has 0 amide bonds. The molecular formula is C9H10BrNO3. The van der Waals surface area contributed by atoms with Crippen LogP contribution < -0.4 is 5.32 Å². The summed E-state index contributed by atoms with van der Waals surface area (Å²) in [5.41, 5.74) is 0.166. The second-order valence-corrected chi connectivity index (χ2v) is 3.85. The van der Waals surface area contributed by atoms with Gasteiger partial charge in [0.1, 0.15) is 12.0 Å². The van der Waals surface area contributed by atoms with Crippen molar-refractivity contribution in [2.24, 2.45) is 0 Å². The molecule has 0 radical (unpaired) electrons. The zero-order valence-electron chi connectivity index (χ0n) is 7.42. The van der Waals surface area contributed by atoms with Crippen LogP contribution in [0.2, 0.25) is 0 Å². The van der Waals surface area contributed by atoms with Crippen molar-refractivity contribution in [1.29, 1.82) is 0 Å². The van der Waals surface area contributed by atoms with Gasteiger partial charge >= 0.3 is 5.97 Å². The van der Waals surface area contributed by atoms with Crippen LogP contribution in [0, 0.1) is 0 Å². The lowest BCUT2D eigenvalue weighted by Gasteiger charge is -1.98. The quantitative estimate of drug-likeness (QED) is 0.849. The lowest BCUT2D eigenvalue weighted by molar-refractivity contribution is 0.0696. The van der Waals surface area contributed by atoms with E-state index in [-0.39, 0.29) is 5.56 Å². The second-order valence-electron chi connectivity index (χ2n) is 2.73. The van der Waals surface area contributed by atoms with E-state index in [1.165, 1.54) is 12.3 Å². The van der Waals surface area contributed by atoms with Crippen LogP contribution in [0.25, 0.3) is 0 Å². The van der Waals surface area contributed by atoms with E-state index in [4.69, 9.17) is 9.52 Å². The highest BCUT2D eigenvalue weighted by atomic mass is 79.9. The number of rotatable bonds is 5. The monoisotopic (exact) mass is 259 g/mol. The Bertz CT molecular complexity index is 346. The first kappa shape index (κ1) is 11.0. The molecule has 0 fully saturated rings. The Balaban J connectivity index is 2.44. The van der Waals surface area contributed by atoms with Crippen molar-refractivity contribution in [1.82, 2.24) is 5.32 Å². The highest BCUT2D eigenvalue weighted by molar-refractivity contribution is 9.11. The topological polar surface area (TPSA) is 62.5 Å². The Morgan fingerprint density at radius 2 is 2.43 bits per heavy atom. The summed E-state index contributed by atoms with van der Waals surface area (Å²) >= 11 is 3.19. The summed E-state index contributed by atoms with van der Waals surface area (Å²) in [4.78, 5) is 10.5. The Kier molecular flexibility index (Phi) is 3.91. The summed E-state index contributed by atoms with van der Waals surface area (Å²) in [6.07, 6.45) is 1.22. The van der Waals surface area contributed by atoms with Crippen molar-refractivity contribution in [2.45, 2.75) is 6.54 Å². The highest BCUT2D eigenvalue weighted by Gasteiger charge is 2.07. The summed E-state index contributed by atoms with van der Waals surface area (Å²) in [5, 5.41) is 11.6. The fraction of sp³-hybridized carbons (Fsp3) is 0.222. The Morgan fingerprint density at radius 3 is 2.93 bits per heavy atom. The first-order valence-corrected chi connectivity index (χ1v) is 4.73. The molecule has 0 aliphatic heterocycles. The Morgan fingerprint density at radius 1 is 1.71 bits per heavy atom. The third-order valence-electron chi connectivity index (χ3n) is 1.52. The minimum absolute atomic E-state index is 0.166. The van der Waals surface area contributed by atoms with Gasteiger partial charge in [0.05, 0.1) is 12.1 Å². The molecule has 0 aliphatic rings. The maximum absolute atomic E-state index is 10.5. The molecule has 0 saturated carbocycles. The maximum Gasteiger partial charge on any atom is 0.338 e. The molecule has 1 aromatic rings. The van der Waals surface area contributed by atoms with Crippen LogP contribution in [0.3, 0.4) is 0 Å². The van der Waals surface area contributed by atoms with Gasteiger partial charge in [-0.3, -0.25) is 0 Å². The van der Waals surface area contributed by atoms with Gasteiger partial charge in [-0.15, -0.1) is 0 Å². The van der Waals surface area contributed by atoms with Gasteiger partial charge in [0.15, 0.2) is 0 Å². The molecule has 1 aromatic heterocycles. The number of aromatic carboxylic acids is 1. The number of nitrogens with one attached hydrogen (secondary N) is 1. The third kappa shape index (κ3) is 3.35. The molecule has 1 heterocycles. The molecule has 4 nitrogen and oxygen atoms in total. The van der Waals surface area contributed by atoms with Gasteiger partial charge in [-0.2, -0.15) is 0 Å². The lowest BCUT2D eigenvalue weighted by Crippen LogP contribution is -2.13. The van der Waals surface area contributed by atoms with Crippen molar-refractivity contribution in [3.8, 4) is 0 Å². The standard InChI is InChI=1S/C9H10BrNO3/c1-6(10)3-11-4-8-2-7(5-14-8)9(12)13/h2,5,11H,1,3-4H2,(H,12,13). The van der Waals surface area contributed by atoms with Gasteiger partial charge < -0.3 is 14.8 Å². The number of halogens is 1. The second kappa shape index (κ2) is 4.97.